The molecule has 0 aliphatic heterocycles. The quantitative estimate of drug-likeness (QED) is 0.354. The Hall–Kier alpha value is -4.14. The number of nitrogens with zero attached hydrogens (tertiary/aromatic N) is 7. The first-order valence-electron chi connectivity index (χ1n) is 10.2. The number of ether oxygens (including phenoxy) is 2. The minimum atomic E-state index is -4.05. The molecular formula is C20H23FN8O5S. The van der Waals surface area contributed by atoms with E-state index in [2.05, 4.69) is 35.1 Å². The molecule has 0 unspecified atom stereocenters. The smallest absolute Gasteiger partial charge is 0.286 e. The Balaban J connectivity index is 0.00000361. The molecule has 0 saturated carbocycles. The number of sulfonamides is 1. The van der Waals surface area contributed by atoms with Crippen LogP contribution < -0.4 is 14.2 Å². The van der Waals surface area contributed by atoms with E-state index in [0.29, 0.717) is 17.2 Å². The van der Waals surface area contributed by atoms with Crippen molar-refractivity contribution in [2.24, 2.45) is 0 Å². The van der Waals surface area contributed by atoms with Crippen LogP contribution in [-0.4, -0.2) is 62.8 Å². The van der Waals surface area contributed by atoms with E-state index < -0.39 is 21.1 Å². The van der Waals surface area contributed by atoms with E-state index in [-0.39, 0.29) is 37.2 Å². The van der Waals surface area contributed by atoms with Gasteiger partial charge in [0.1, 0.15) is 23.0 Å². The predicted molar refractivity (Wildman–Crippen MR) is 122 cm³/mol. The fourth-order valence-electron chi connectivity index (χ4n) is 3.18. The van der Waals surface area contributed by atoms with Gasteiger partial charge in [0.25, 0.3) is 5.89 Å². The SMILES string of the molecule is COc1cccc(OC)c1-n1c(NS(=O)(=O)[C@@H](C)Cc2ncc(F)cn2)nnc1-c1nnc(C)o1.[HH]. The van der Waals surface area contributed by atoms with Crippen LogP contribution in [-0.2, 0) is 16.4 Å². The van der Waals surface area contributed by atoms with Crippen molar-refractivity contribution < 1.29 is 28.1 Å². The Morgan fingerprint density at radius 1 is 1.11 bits per heavy atom. The van der Waals surface area contributed by atoms with Crippen molar-refractivity contribution in [2.45, 2.75) is 25.5 Å². The van der Waals surface area contributed by atoms with E-state index >= 15 is 0 Å². The summed E-state index contributed by atoms with van der Waals surface area (Å²) in [5.74, 6) is 0.387. The summed E-state index contributed by atoms with van der Waals surface area (Å²) < 4.78 is 59.7. The van der Waals surface area contributed by atoms with Gasteiger partial charge >= 0.3 is 0 Å². The average Bonchev–Trinajstić information content (AvgIpc) is 3.45. The summed E-state index contributed by atoms with van der Waals surface area (Å²) >= 11 is 0. The lowest BCUT2D eigenvalue weighted by Gasteiger charge is -2.18. The molecule has 0 amide bonds. The first-order valence-corrected chi connectivity index (χ1v) is 11.7. The molecule has 1 N–H and O–H groups in total. The number of methoxy groups -OCH3 is 2. The van der Waals surface area contributed by atoms with Crippen LogP contribution in [0.25, 0.3) is 17.4 Å². The maximum absolute atomic E-state index is 13.2. The van der Waals surface area contributed by atoms with E-state index in [4.69, 9.17) is 13.9 Å². The zero-order chi connectivity index (χ0) is 25.2. The molecule has 15 heteroatoms. The van der Waals surface area contributed by atoms with Crippen molar-refractivity contribution in [3.63, 3.8) is 0 Å². The molecular weight excluding hydrogens is 483 g/mol. The summed E-state index contributed by atoms with van der Waals surface area (Å²) in [6.45, 7) is 3.06. The lowest BCUT2D eigenvalue weighted by atomic mass is 10.2. The van der Waals surface area contributed by atoms with Gasteiger partial charge in [0.2, 0.25) is 27.7 Å². The van der Waals surface area contributed by atoms with Gasteiger partial charge in [0, 0.05) is 14.8 Å². The highest BCUT2D eigenvalue weighted by atomic mass is 32.2. The molecule has 1 atom stereocenters. The van der Waals surface area contributed by atoms with Crippen LogP contribution in [0.15, 0.2) is 35.0 Å². The molecule has 186 valence electrons. The molecule has 0 aliphatic rings. The van der Waals surface area contributed by atoms with Gasteiger partial charge in [0.15, 0.2) is 5.82 Å². The number of aryl methyl sites for hydroxylation is 1. The molecule has 0 bridgehead atoms. The normalized spacial score (nSPS) is 12.4. The summed E-state index contributed by atoms with van der Waals surface area (Å²) in [4.78, 5) is 7.65. The van der Waals surface area contributed by atoms with Crippen molar-refractivity contribution in [1.82, 2.24) is 34.9 Å². The molecule has 0 aliphatic carbocycles. The molecule has 0 radical (unpaired) electrons. The van der Waals surface area contributed by atoms with E-state index in [1.54, 1.807) is 25.1 Å². The van der Waals surface area contributed by atoms with E-state index in [1.807, 2.05) is 0 Å². The Labute approximate surface area is 200 Å². The number of benzene rings is 1. The van der Waals surface area contributed by atoms with Gasteiger partial charge in [-0.15, -0.1) is 20.4 Å². The molecule has 4 rings (SSSR count). The fraction of sp³-hybridized carbons (Fsp3) is 0.300. The predicted octanol–water partition coefficient (Wildman–Crippen LogP) is 2.19. The third-order valence-electron chi connectivity index (χ3n) is 4.91. The third kappa shape index (κ3) is 4.89. The highest BCUT2D eigenvalue weighted by Gasteiger charge is 2.30. The number of hydrogen-bond acceptors (Lipinski definition) is 11. The number of rotatable bonds is 9. The van der Waals surface area contributed by atoms with Gasteiger partial charge < -0.3 is 13.9 Å². The van der Waals surface area contributed by atoms with Gasteiger partial charge in [0.05, 0.1) is 31.9 Å². The fourth-order valence-corrected chi connectivity index (χ4v) is 4.14. The lowest BCUT2D eigenvalue weighted by Crippen LogP contribution is -2.29. The second-order valence-corrected chi connectivity index (χ2v) is 9.40. The van der Waals surface area contributed by atoms with Crippen LogP contribution in [0, 0.1) is 12.7 Å². The Morgan fingerprint density at radius 3 is 2.34 bits per heavy atom. The number of anilines is 1. The van der Waals surface area contributed by atoms with Gasteiger partial charge in [-0.3, -0.25) is 4.72 Å². The Kier molecular flexibility index (Phi) is 6.59. The summed E-state index contributed by atoms with van der Waals surface area (Å²) in [6.07, 6.45) is 1.87. The van der Waals surface area contributed by atoms with Gasteiger partial charge in [-0.05, 0) is 19.1 Å². The van der Waals surface area contributed by atoms with E-state index in [0.717, 1.165) is 12.4 Å². The Morgan fingerprint density at radius 2 is 1.77 bits per heavy atom. The number of halogens is 1. The summed E-state index contributed by atoms with van der Waals surface area (Å²) in [5.41, 5.74) is 0.306. The third-order valence-corrected chi connectivity index (χ3v) is 6.61. The molecule has 35 heavy (non-hydrogen) atoms. The highest BCUT2D eigenvalue weighted by Crippen LogP contribution is 2.37. The van der Waals surface area contributed by atoms with Crippen LogP contribution in [0.3, 0.4) is 0 Å². The van der Waals surface area contributed by atoms with Crippen LogP contribution in [0.1, 0.15) is 20.1 Å². The monoisotopic (exact) mass is 506 g/mol. The largest absolute Gasteiger partial charge is 0.494 e. The Bertz CT molecular complexity index is 1420. The molecule has 0 spiro atoms. The number of nitrogens with one attached hydrogen (secondary N) is 1. The first kappa shape index (κ1) is 24.0. The highest BCUT2D eigenvalue weighted by molar-refractivity contribution is 7.93. The second kappa shape index (κ2) is 9.61. The minimum absolute atomic E-state index is 0. The number of hydrogen-bond donors (Lipinski definition) is 1. The molecule has 3 aromatic heterocycles. The summed E-state index contributed by atoms with van der Waals surface area (Å²) in [6, 6.07) is 5.03. The molecule has 0 fully saturated rings. The summed E-state index contributed by atoms with van der Waals surface area (Å²) in [7, 11) is -1.15. The van der Waals surface area contributed by atoms with Crippen LogP contribution >= 0.6 is 0 Å². The van der Waals surface area contributed by atoms with Gasteiger partial charge in [-0.2, -0.15) is 0 Å². The topological polar surface area (TPSA) is 160 Å². The average molecular weight is 507 g/mol. The minimum Gasteiger partial charge on any atom is -0.494 e. The van der Waals surface area contributed by atoms with Crippen molar-refractivity contribution in [3.05, 3.63) is 48.1 Å². The number of aromatic nitrogens is 7. The molecule has 0 saturated heterocycles. The zero-order valence-corrected chi connectivity index (χ0v) is 19.9. The maximum Gasteiger partial charge on any atom is 0.286 e. The van der Waals surface area contributed by atoms with Gasteiger partial charge in [-0.25, -0.2) is 27.3 Å². The van der Waals surface area contributed by atoms with Crippen LogP contribution in [0.4, 0.5) is 10.3 Å². The van der Waals surface area contributed by atoms with E-state index in [1.165, 1.54) is 25.7 Å². The lowest BCUT2D eigenvalue weighted by molar-refractivity contribution is 0.391. The molecule has 4 aromatic rings. The molecule has 13 nitrogen and oxygen atoms in total. The molecule has 3 heterocycles. The van der Waals surface area contributed by atoms with Crippen LogP contribution in [0.2, 0.25) is 0 Å². The van der Waals surface area contributed by atoms with E-state index in [9.17, 15) is 12.8 Å². The van der Waals surface area contributed by atoms with Crippen molar-refractivity contribution in [2.75, 3.05) is 18.9 Å². The summed E-state index contributed by atoms with van der Waals surface area (Å²) in [5, 5.41) is 14.9. The maximum atomic E-state index is 13.2. The van der Waals surface area contributed by atoms with Gasteiger partial charge in [-0.1, -0.05) is 6.07 Å². The first-order chi connectivity index (χ1) is 16.7. The van der Waals surface area contributed by atoms with Crippen molar-refractivity contribution in [3.8, 4) is 28.9 Å². The number of para-hydroxylation sites is 1. The second-order valence-electron chi connectivity index (χ2n) is 7.30. The zero-order valence-electron chi connectivity index (χ0n) is 19.1. The van der Waals surface area contributed by atoms with Crippen LogP contribution in [0.5, 0.6) is 11.5 Å². The van der Waals surface area contributed by atoms with Crippen molar-refractivity contribution >= 4 is 16.0 Å². The molecule has 1 aromatic carbocycles. The standard InChI is InChI=1S/C20H21FN8O5S.H2/c1-11(8-16-22-9-13(21)10-23-16)35(30,31)28-20-27-25-18(19-26-24-12(2)34-19)29(20)17-14(32-3)6-5-7-15(17)33-4;/h5-7,9-11H,8H2,1-4H3,(H,27,28);1H/t11-;/m0./s1. The van der Waals surface area contributed by atoms with Crippen molar-refractivity contribution in [1.29, 1.82) is 0 Å².